The molecule has 0 bridgehead atoms. The van der Waals surface area contributed by atoms with Crippen LogP contribution >= 0.6 is 24.8 Å². The maximum absolute atomic E-state index is 11.9. The van der Waals surface area contributed by atoms with Gasteiger partial charge in [-0.15, -0.1) is 24.8 Å². The molecule has 0 radical (unpaired) electrons. The Labute approximate surface area is 158 Å². The van der Waals surface area contributed by atoms with Crippen molar-refractivity contribution in [1.82, 2.24) is 10.2 Å². The van der Waals surface area contributed by atoms with Gasteiger partial charge in [0, 0.05) is 26.7 Å². The van der Waals surface area contributed by atoms with Crippen LogP contribution in [0.4, 0.5) is 0 Å². The fourth-order valence-corrected chi connectivity index (χ4v) is 2.31. The highest BCUT2D eigenvalue weighted by Crippen LogP contribution is 2.12. The van der Waals surface area contributed by atoms with Crippen LogP contribution in [0.3, 0.4) is 0 Å². The second-order valence-electron chi connectivity index (χ2n) is 5.30. The standard InChI is InChI=1S/C17H29N3O2.2ClH/c1-4-20(5-2)13-15-9-7-6-8-14(15)12-19-17(21)10-16(11-18)22-3;;/h6-9,16H,4-5,10-13,18H2,1-3H3,(H,19,21);2*1H. The molecule has 1 aromatic rings. The van der Waals surface area contributed by atoms with Crippen LogP contribution in [0.5, 0.6) is 0 Å². The summed E-state index contributed by atoms with van der Waals surface area (Å²) in [5.41, 5.74) is 7.95. The fourth-order valence-electron chi connectivity index (χ4n) is 2.31. The summed E-state index contributed by atoms with van der Waals surface area (Å²) in [7, 11) is 1.57. The van der Waals surface area contributed by atoms with Crippen molar-refractivity contribution in [2.75, 3.05) is 26.7 Å². The molecule has 1 amide bonds. The lowest BCUT2D eigenvalue weighted by atomic mass is 10.1. The van der Waals surface area contributed by atoms with Crippen molar-refractivity contribution < 1.29 is 9.53 Å². The Bertz CT molecular complexity index is 453. The van der Waals surface area contributed by atoms with Gasteiger partial charge in [-0.25, -0.2) is 0 Å². The van der Waals surface area contributed by atoms with Crippen molar-refractivity contribution in [3.05, 3.63) is 35.4 Å². The van der Waals surface area contributed by atoms with Crippen molar-refractivity contribution in [2.45, 2.75) is 39.5 Å². The highest BCUT2D eigenvalue weighted by Gasteiger charge is 2.12. The van der Waals surface area contributed by atoms with Crippen LogP contribution < -0.4 is 11.1 Å². The molecule has 0 aliphatic carbocycles. The number of hydrogen-bond donors (Lipinski definition) is 2. The number of rotatable bonds is 10. The van der Waals surface area contributed by atoms with E-state index in [1.807, 2.05) is 12.1 Å². The predicted molar refractivity (Wildman–Crippen MR) is 104 cm³/mol. The molecule has 24 heavy (non-hydrogen) atoms. The summed E-state index contributed by atoms with van der Waals surface area (Å²) >= 11 is 0. The number of benzene rings is 1. The molecule has 1 unspecified atom stereocenters. The third-order valence-electron chi connectivity index (χ3n) is 3.89. The summed E-state index contributed by atoms with van der Waals surface area (Å²) < 4.78 is 5.14. The third-order valence-corrected chi connectivity index (χ3v) is 3.89. The largest absolute Gasteiger partial charge is 0.380 e. The van der Waals surface area contributed by atoms with Crippen molar-refractivity contribution in [3.63, 3.8) is 0 Å². The Balaban J connectivity index is 0. The Kier molecular flexibility index (Phi) is 15.3. The summed E-state index contributed by atoms with van der Waals surface area (Å²) in [4.78, 5) is 14.3. The van der Waals surface area contributed by atoms with Crippen LogP contribution in [-0.4, -0.2) is 43.7 Å². The second kappa shape index (κ2) is 14.5. The minimum absolute atomic E-state index is 0. The van der Waals surface area contributed by atoms with Crippen LogP contribution in [0.2, 0.25) is 0 Å². The molecule has 0 aliphatic heterocycles. The topological polar surface area (TPSA) is 67.6 Å². The number of carbonyl (C=O) groups is 1. The summed E-state index contributed by atoms with van der Waals surface area (Å²) in [5.74, 6) is -0.0325. The number of amides is 1. The molecule has 0 fully saturated rings. The van der Waals surface area contributed by atoms with E-state index in [9.17, 15) is 4.79 Å². The Morgan fingerprint density at radius 3 is 2.29 bits per heavy atom. The smallest absolute Gasteiger partial charge is 0.222 e. The van der Waals surface area contributed by atoms with Crippen LogP contribution in [0.1, 0.15) is 31.4 Å². The first-order valence-corrected chi connectivity index (χ1v) is 7.93. The molecular weight excluding hydrogens is 349 g/mol. The zero-order chi connectivity index (χ0) is 16.4. The average Bonchev–Trinajstić information content (AvgIpc) is 2.56. The molecule has 0 heterocycles. The van der Waals surface area contributed by atoms with E-state index in [2.05, 4.69) is 36.2 Å². The van der Waals surface area contributed by atoms with E-state index in [4.69, 9.17) is 10.5 Å². The average molecular weight is 380 g/mol. The van der Waals surface area contributed by atoms with E-state index in [-0.39, 0.29) is 36.8 Å². The van der Waals surface area contributed by atoms with Crippen molar-refractivity contribution >= 4 is 30.7 Å². The highest BCUT2D eigenvalue weighted by molar-refractivity contribution is 5.85. The number of carbonyl (C=O) groups excluding carboxylic acids is 1. The first-order valence-electron chi connectivity index (χ1n) is 7.93. The van der Waals surface area contributed by atoms with Crippen LogP contribution in [0, 0.1) is 0 Å². The zero-order valence-corrected chi connectivity index (χ0v) is 16.4. The van der Waals surface area contributed by atoms with Crippen molar-refractivity contribution in [2.24, 2.45) is 5.73 Å². The number of nitrogens with zero attached hydrogens (tertiary/aromatic N) is 1. The molecule has 140 valence electrons. The zero-order valence-electron chi connectivity index (χ0n) is 14.8. The van der Waals surface area contributed by atoms with Crippen molar-refractivity contribution in [3.8, 4) is 0 Å². The lowest BCUT2D eigenvalue weighted by molar-refractivity contribution is -0.123. The van der Waals surface area contributed by atoms with Crippen LogP contribution in [0.15, 0.2) is 24.3 Å². The van der Waals surface area contributed by atoms with Gasteiger partial charge in [-0.1, -0.05) is 38.1 Å². The lowest BCUT2D eigenvalue weighted by Crippen LogP contribution is -2.32. The van der Waals surface area contributed by atoms with Gasteiger partial charge in [-0.3, -0.25) is 9.69 Å². The van der Waals surface area contributed by atoms with Crippen molar-refractivity contribution in [1.29, 1.82) is 0 Å². The van der Waals surface area contributed by atoms with Gasteiger partial charge in [0.15, 0.2) is 0 Å². The van der Waals surface area contributed by atoms with Crippen LogP contribution in [-0.2, 0) is 22.6 Å². The van der Waals surface area contributed by atoms with Gasteiger partial charge in [-0.2, -0.15) is 0 Å². The quantitative estimate of drug-likeness (QED) is 0.654. The molecule has 5 nitrogen and oxygen atoms in total. The monoisotopic (exact) mass is 379 g/mol. The molecule has 7 heteroatoms. The maximum Gasteiger partial charge on any atom is 0.222 e. The molecule has 0 aromatic heterocycles. The van der Waals surface area contributed by atoms with Gasteiger partial charge in [-0.05, 0) is 24.2 Å². The predicted octanol–water partition coefficient (Wildman–Crippen LogP) is 2.35. The maximum atomic E-state index is 11.9. The number of methoxy groups -OCH3 is 1. The third kappa shape index (κ3) is 8.85. The number of ether oxygens (including phenoxy) is 1. The van der Waals surface area contributed by atoms with E-state index in [1.54, 1.807) is 7.11 Å². The van der Waals surface area contributed by atoms with E-state index in [0.717, 1.165) is 25.2 Å². The molecule has 1 rings (SSSR count). The minimum atomic E-state index is -0.217. The summed E-state index contributed by atoms with van der Waals surface area (Å²) in [6.07, 6.45) is 0.0801. The van der Waals surface area contributed by atoms with E-state index in [0.29, 0.717) is 19.5 Å². The molecule has 0 saturated heterocycles. The van der Waals surface area contributed by atoms with Gasteiger partial charge in [0.05, 0.1) is 12.5 Å². The molecule has 0 spiro atoms. The van der Waals surface area contributed by atoms with Crippen LogP contribution in [0.25, 0.3) is 0 Å². The lowest BCUT2D eigenvalue weighted by Gasteiger charge is -2.20. The SMILES string of the molecule is CCN(CC)Cc1ccccc1CNC(=O)CC(CN)OC.Cl.Cl. The number of hydrogen-bond acceptors (Lipinski definition) is 4. The summed E-state index contributed by atoms with van der Waals surface area (Å²) in [5, 5.41) is 2.95. The first-order chi connectivity index (χ1) is 10.6. The van der Waals surface area contributed by atoms with E-state index in [1.165, 1.54) is 5.56 Å². The minimum Gasteiger partial charge on any atom is -0.380 e. The molecular formula is C17H31Cl2N3O2. The second-order valence-corrected chi connectivity index (χ2v) is 5.30. The van der Waals surface area contributed by atoms with Gasteiger partial charge in [0.2, 0.25) is 5.91 Å². The molecule has 1 aromatic carbocycles. The molecule has 1 atom stereocenters. The Morgan fingerprint density at radius 2 is 1.79 bits per heavy atom. The number of nitrogens with two attached hydrogens (primary N) is 1. The first kappa shape index (κ1) is 25.4. The van der Waals surface area contributed by atoms with Gasteiger partial charge < -0.3 is 15.8 Å². The van der Waals surface area contributed by atoms with Gasteiger partial charge in [0.25, 0.3) is 0 Å². The number of nitrogens with one attached hydrogen (secondary N) is 1. The van der Waals surface area contributed by atoms with E-state index >= 15 is 0 Å². The normalized spacial score (nSPS) is 11.4. The highest BCUT2D eigenvalue weighted by atomic mass is 35.5. The number of halogens is 2. The fraction of sp³-hybridized carbons (Fsp3) is 0.588. The van der Waals surface area contributed by atoms with E-state index < -0.39 is 0 Å². The molecule has 3 N–H and O–H groups in total. The Morgan fingerprint density at radius 1 is 1.21 bits per heavy atom. The van der Waals surface area contributed by atoms with Gasteiger partial charge in [0.1, 0.15) is 0 Å². The summed E-state index contributed by atoms with van der Waals surface area (Å²) in [6.45, 7) is 8.14. The Hall–Kier alpha value is -0.850. The van der Waals surface area contributed by atoms with Gasteiger partial charge >= 0.3 is 0 Å². The molecule has 0 aliphatic rings. The molecule has 0 saturated carbocycles. The summed E-state index contributed by atoms with van der Waals surface area (Å²) in [6, 6.07) is 8.23.